The van der Waals surface area contributed by atoms with Gasteiger partial charge in [0.25, 0.3) is 0 Å². The normalized spacial score (nSPS) is 14.9. The smallest absolute Gasteiger partial charge is 0.240 e. The van der Waals surface area contributed by atoms with Crippen molar-refractivity contribution >= 4 is 15.9 Å². The molecule has 1 rings (SSSR count). The van der Waals surface area contributed by atoms with Gasteiger partial charge in [-0.2, -0.15) is 0 Å². The molecule has 0 heterocycles. The molecule has 4 N–H and O–H groups in total. The second-order valence-electron chi connectivity index (χ2n) is 4.44. The highest BCUT2D eigenvalue weighted by atomic mass is 32.2. The molecule has 0 saturated heterocycles. The first-order valence-corrected chi connectivity index (χ1v) is 7.29. The van der Waals surface area contributed by atoms with E-state index in [0.29, 0.717) is 5.56 Å². The summed E-state index contributed by atoms with van der Waals surface area (Å²) >= 11 is 0. The Morgan fingerprint density at radius 3 is 2.58 bits per heavy atom. The number of primary amides is 1. The number of benzene rings is 1. The van der Waals surface area contributed by atoms with Gasteiger partial charge < -0.3 is 10.8 Å². The number of aliphatic hydroxyl groups excluding tert-OH is 1. The number of carbonyl (C=O) groups excluding carboxylic acids is 1. The first-order chi connectivity index (χ1) is 8.72. The van der Waals surface area contributed by atoms with E-state index in [4.69, 9.17) is 5.73 Å². The standard InChI is InChI=1S/C12H18N2O4S/c1-8(6-12(13)16)14-19(17,18)11-5-3-4-10(7-11)9(2)15/h3-5,7-9,14-15H,6H2,1-2H3,(H2,13,16). The number of nitrogens with one attached hydrogen (secondary N) is 1. The van der Waals surface area contributed by atoms with Gasteiger partial charge in [-0.25, -0.2) is 13.1 Å². The molecule has 0 aliphatic carbocycles. The highest BCUT2D eigenvalue weighted by Gasteiger charge is 2.19. The fourth-order valence-electron chi connectivity index (χ4n) is 1.62. The van der Waals surface area contributed by atoms with E-state index in [1.165, 1.54) is 12.1 Å². The maximum atomic E-state index is 12.1. The van der Waals surface area contributed by atoms with Crippen molar-refractivity contribution in [3.05, 3.63) is 29.8 Å². The van der Waals surface area contributed by atoms with Gasteiger partial charge in [0.15, 0.2) is 0 Å². The number of carbonyl (C=O) groups is 1. The van der Waals surface area contributed by atoms with Gasteiger partial charge in [0.2, 0.25) is 15.9 Å². The lowest BCUT2D eigenvalue weighted by molar-refractivity contribution is -0.118. The van der Waals surface area contributed by atoms with E-state index in [1.54, 1.807) is 26.0 Å². The molecule has 1 aromatic carbocycles. The van der Waals surface area contributed by atoms with Crippen molar-refractivity contribution in [3.8, 4) is 0 Å². The molecule has 19 heavy (non-hydrogen) atoms. The summed E-state index contributed by atoms with van der Waals surface area (Å²) in [6.45, 7) is 3.11. The molecule has 0 aliphatic heterocycles. The topological polar surface area (TPSA) is 109 Å². The quantitative estimate of drug-likeness (QED) is 0.697. The van der Waals surface area contributed by atoms with E-state index in [2.05, 4.69) is 4.72 Å². The van der Waals surface area contributed by atoms with Crippen LogP contribution in [-0.4, -0.2) is 25.5 Å². The number of rotatable bonds is 6. The first kappa shape index (κ1) is 15.6. The van der Waals surface area contributed by atoms with Crippen LogP contribution in [0.15, 0.2) is 29.2 Å². The Morgan fingerprint density at radius 2 is 2.05 bits per heavy atom. The van der Waals surface area contributed by atoms with Crippen LogP contribution in [0.2, 0.25) is 0 Å². The van der Waals surface area contributed by atoms with Crippen molar-refractivity contribution in [1.82, 2.24) is 4.72 Å². The Hall–Kier alpha value is -1.44. The van der Waals surface area contributed by atoms with E-state index >= 15 is 0 Å². The zero-order chi connectivity index (χ0) is 14.6. The van der Waals surface area contributed by atoms with Gasteiger partial charge in [-0.05, 0) is 31.5 Å². The Bertz CT molecular complexity index is 555. The summed E-state index contributed by atoms with van der Waals surface area (Å²) in [5.74, 6) is -0.576. The average Bonchev–Trinajstić information content (AvgIpc) is 2.27. The second-order valence-corrected chi connectivity index (χ2v) is 6.16. The molecular weight excluding hydrogens is 268 g/mol. The number of nitrogens with two attached hydrogens (primary N) is 1. The Balaban J connectivity index is 2.94. The van der Waals surface area contributed by atoms with Crippen molar-refractivity contribution in [1.29, 1.82) is 0 Å². The zero-order valence-corrected chi connectivity index (χ0v) is 11.6. The monoisotopic (exact) mass is 286 g/mol. The number of amides is 1. The van der Waals surface area contributed by atoms with Crippen molar-refractivity contribution < 1.29 is 18.3 Å². The van der Waals surface area contributed by atoms with Gasteiger partial charge in [-0.3, -0.25) is 4.79 Å². The van der Waals surface area contributed by atoms with E-state index < -0.39 is 28.1 Å². The van der Waals surface area contributed by atoms with E-state index in [-0.39, 0.29) is 11.3 Å². The van der Waals surface area contributed by atoms with Gasteiger partial charge in [0.1, 0.15) is 0 Å². The minimum Gasteiger partial charge on any atom is -0.389 e. The molecule has 0 fully saturated rings. The molecule has 0 radical (unpaired) electrons. The third-order valence-electron chi connectivity index (χ3n) is 2.51. The van der Waals surface area contributed by atoms with Crippen LogP contribution < -0.4 is 10.5 Å². The maximum absolute atomic E-state index is 12.1. The highest BCUT2D eigenvalue weighted by molar-refractivity contribution is 7.89. The summed E-state index contributed by atoms with van der Waals surface area (Å²) in [6.07, 6.45) is -0.826. The van der Waals surface area contributed by atoms with Crippen LogP contribution in [0.25, 0.3) is 0 Å². The fraction of sp³-hybridized carbons (Fsp3) is 0.417. The molecule has 0 aromatic heterocycles. The van der Waals surface area contributed by atoms with Crippen LogP contribution >= 0.6 is 0 Å². The van der Waals surface area contributed by atoms with Crippen LogP contribution in [0.1, 0.15) is 31.9 Å². The zero-order valence-electron chi connectivity index (χ0n) is 10.8. The van der Waals surface area contributed by atoms with Gasteiger partial charge in [-0.15, -0.1) is 0 Å². The minimum absolute atomic E-state index is 0.0437. The Kier molecular flexibility index (Phi) is 5.04. The predicted molar refractivity (Wildman–Crippen MR) is 70.7 cm³/mol. The molecular formula is C12H18N2O4S. The molecule has 0 aliphatic rings. The van der Waals surface area contributed by atoms with E-state index in [1.807, 2.05) is 0 Å². The molecule has 0 bridgehead atoms. The van der Waals surface area contributed by atoms with Gasteiger partial charge in [0.05, 0.1) is 11.0 Å². The summed E-state index contributed by atoms with van der Waals surface area (Å²) < 4.78 is 26.5. The van der Waals surface area contributed by atoms with Crippen molar-refractivity contribution in [2.75, 3.05) is 0 Å². The largest absolute Gasteiger partial charge is 0.389 e. The number of hydrogen-bond donors (Lipinski definition) is 3. The van der Waals surface area contributed by atoms with Crippen molar-refractivity contribution in [3.63, 3.8) is 0 Å². The molecule has 2 atom stereocenters. The van der Waals surface area contributed by atoms with E-state index in [9.17, 15) is 18.3 Å². The first-order valence-electron chi connectivity index (χ1n) is 5.81. The van der Waals surface area contributed by atoms with Gasteiger partial charge >= 0.3 is 0 Å². The van der Waals surface area contributed by atoms with Gasteiger partial charge in [0, 0.05) is 12.5 Å². The lowest BCUT2D eigenvalue weighted by Gasteiger charge is -2.13. The van der Waals surface area contributed by atoms with Crippen LogP contribution in [0.5, 0.6) is 0 Å². The lowest BCUT2D eigenvalue weighted by Crippen LogP contribution is -2.35. The summed E-state index contributed by atoms with van der Waals surface area (Å²) in [5, 5.41) is 9.44. The molecule has 0 spiro atoms. The second kappa shape index (κ2) is 6.14. The third kappa shape index (κ3) is 4.62. The van der Waals surface area contributed by atoms with Crippen molar-refractivity contribution in [2.45, 2.75) is 37.3 Å². The van der Waals surface area contributed by atoms with Crippen molar-refractivity contribution in [2.24, 2.45) is 5.73 Å². The Morgan fingerprint density at radius 1 is 1.42 bits per heavy atom. The number of aliphatic hydroxyl groups is 1. The van der Waals surface area contributed by atoms with Crippen LogP contribution in [0.3, 0.4) is 0 Å². The average molecular weight is 286 g/mol. The molecule has 6 nitrogen and oxygen atoms in total. The molecule has 106 valence electrons. The van der Waals surface area contributed by atoms with Crippen LogP contribution in [0, 0.1) is 0 Å². The highest BCUT2D eigenvalue weighted by Crippen LogP contribution is 2.17. The SMILES string of the molecule is CC(CC(N)=O)NS(=O)(=O)c1cccc(C(C)O)c1. The number of sulfonamides is 1. The Labute approximate surface area is 112 Å². The maximum Gasteiger partial charge on any atom is 0.240 e. The van der Waals surface area contributed by atoms with E-state index in [0.717, 1.165) is 0 Å². The molecule has 1 amide bonds. The van der Waals surface area contributed by atoms with Gasteiger partial charge in [-0.1, -0.05) is 12.1 Å². The fourth-order valence-corrected chi connectivity index (χ4v) is 2.92. The van der Waals surface area contributed by atoms with Crippen LogP contribution in [0.4, 0.5) is 0 Å². The molecule has 0 saturated carbocycles. The summed E-state index contributed by atoms with van der Waals surface area (Å²) in [5.41, 5.74) is 5.51. The summed E-state index contributed by atoms with van der Waals surface area (Å²) in [4.78, 5) is 10.8. The summed E-state index contributed by atoms with van der Waals surface area (Å²) in [6, 6.07) is 5.42. The molecule has 2 unspecified atom stereocenters. The number of hydrogen-bond acceptors (Lipinski definition) is 4. The summed E-state index contributed by atoms with van der Waals surface area (Å²) in [7, 11) is -3.73. The molecule has 1 aromatic rings. The van der Waals surface area contributed by atoms with Crippen LogP contribution in [-0.2, 0) is 14.8 Å². The lowest BCUT2D eigenvalue weighted by atomic mass is 10.1. The minimum atomic E-state index is -3.73. The predicted octanol–water partition coefficient (Wildman–Crippen LogP) is 0.282. The third-order valence-corrected chi connectivity index (χ3v) is 4.10. The molecule has 7 heteroatoms.